The summed E-state index contributed by atoms with van der Waals surface area (Å²) in [5.41, 5.74) is 6.46. The van der Waals surface area contributed by atoms with Crippen molar-refractivity contribution in [3.05, 3.63) is 96.7 Å². The topological polar surface area (TPSA) is 17.8 Å². The van der Waals surface area contributed by atoms with Gasteiger partial charge in [-0.25, -0.2) is 4.68 Å². The summed E-state index contributed by atoms with van der Waals surface area (Å²) in [5, 5.41) is 4.76. The first-order valence-corrected chi connectivity index (χ1v) is 8.74. The number of hydrogen-bond acceptors (Lipinski definition) is 1. The molecule has 0 aliphatic rings. The lowest BCUT2D eigenvalue weighted by atomic mass is 10.0. The van der Waals surface area contributed by atoms with Gasteiger partial charge in [-0.15, -0.1) is 11.6 Å². The van der Waals surface area contributed by atoms with Crippen LogP contribution in [0.15, 0.2) is 91.1 Å². The third kappa shape index (κ3) is 3.21. The van der Waals surface area contributed by atoms with Crippen molar-refractivity contribution in [1.29, 1.82) is 0 Å². The highest BCUT2D eigenvalue weighted by atomic mass is 35.5. The van der Waals surface area contributed by atoms with Gasteiger partial charge in [0.25, 0.3) is 0 Å². The SMILES string of the molecule is ClCc1cn(-c2ccccc2)nc1-c1ccc(-c2ccccc2)cc1. The molecule has 3 heteroatoms. The van der Waals surface area contributed by atoms with E-state index in [2.05, 4.69) is 48.5 Å². The number of hydrogen-bond donors (Lipinski definition) is 0. The number of rotatable bonds is 4. The second-order valence-electron chi connectivity index (χ2n) is 5.86. The van der Waals surface area contributed by atoms with Crippen LogP contribution < -0.4 is 0 Å². The van der Waals surface area contributed by atoms with E-state index in [1.54, 1.807) is 0 Å². The molecule has 0 N–H and O–H groups in total. The van der Waals surface area contributed by atoms with Crippen LogP contribution in [0.5, 0.6) is 0 Å². The number of benzene rings is 3. The maximum absolute atomic E-state index is 6.16. The van der Waals surface area contributed by atoms with E-state index in [0.717, 1.165) is 22.5 Å². The molecule has 0 unspecified atom stereocenters. The van der Waals surface area contributed by atoms with Crippen LogP contribution in [-0.4, -0.2) is 9.78 Å². The second kappa shape index (κ2) is 6.96. The quantitative estimate of drug-likeness (QED) is 0.418. The lowest BCUT2D eigenvalue weighted by molar-refractivity contribution is 0.884. The zero-order chi connectivity index (χ0) is 17.1. The van der Waals surface area contributed by atoms with Crippen molar-refractivity contribution < 1.29 is 0 Å². The highest BCUT2D eigenvalue weighted by Crippen LogP contribution is 2.28. The molecule has 3 aromatic carbocycles. The van der Waals surface area contributed by atoms with E-state index in [0.29, 0.717) is 5.88 Å². The normalized spacial score (nSPS) is 10.8. The first-order valence-electron chi connectivity index (χ1n) is 8.21. The number of aromatic nitrogens is 2. The van der Waals surface area contributed by atoms with Crippen LogP contribution in [0, 0.1) is 0 Å². The van der Waals surface area contributed by atoms with Gasteiger partial charge in [0, 0.05) is 17.3 Å². The van der Waals surface area contributed by atoms with Gasteiger partial charge in [0.15, 0.2) is 0 Å². The Labute approximate surface area is 152 Å². The van der Waals surface area contributed by atoms with E-state index in [-0.39, 0.29) is 0 Å². The fraction of sp³-hybridized carbons (Fsp3) is 0.0455. The first kappa shape index (κ1) is 15.7. The molecule has 0 spiro atoms. The van der Waals surface area contributed by atoms with Gasteiger partial charge in [-0.2, -0.15) is 5.10 Å². The van der Waals surface area contributed by atoms with Gasteiger partial charge in [-0.3, -0.25) is 0 Å². The molecule has 122 valence electrons. The van der Waals surface area contributed by atoms with Gasteiger partial charge >= 0.3 is 0 Å². The minimum Gasteiger partial charge on any atom is -0.240 e. The lowest BCUT2D eigenvalue weighted by Crippen LogP contribution is -1.94. The van der Waals surface area contributed by atoms with Crippen molar-refractivity contribution in [2.24, 2.45) is 0 Å². The smallest absolute Gasteiger partial charge is 0.0971 e. The summed E-state index contributed by atoms with van der Waals surface area (Å²) < 4.78 is 1.89. The van der Waals surface area contributed by atoms with Gasteiger partial charge < -0.3 is 0 Å². The minimum absolute atomic E-state index is 0.433. The molecule has 0 bridgehead atoms. The van der Waals surface area contributed by atoms with Gasteiger partial charge in [0.1, 0.15) is 0 Å². The molecule has 0 saturated heterocycles. The molecule has 0 saturated carbocycles. The monoisotopic (exact) mass is 344 g/mol. The molecular weight excluding hydrogens is 328 g/mol. The highest BCUT2D eigenvalue weighted by Gasteiger charge is 2.11. The maximum atomic E-state index is 6.16. The zero-order valence-electron chi connectivity index (χ0n) is 13.6. The number of para-hydroxylation sites is 1. The van der Waals surface area contributed by atoms with E-state index in [9.17, 15) is 0 Å². The molecule has 0 atom stereocenters. The number of halogens is 1. The average molecular weight is 345 g/mol. The van der Waals surface area contributed by atoms with Crippen LogP contribution in [0.1, 0.15) is 5.56 Å². The first-order chi connectivity index (χ1) is 12.3. The van der Waals surface area contributed by atoms with Crippen LogP contribution in [-0.2, 0) is 5.88 Å². The van der Waals surface area contributed by atoms with Crippen molar-refractivity contribution in [3.63, 3.8) is 0 Å². The van der Waals surface area contributed by atoms with Gasteiger partial charge in [-0.1, -0.05) is 72.8 Å². The fourth-order valence-electron chi connectivity index (χ4n) is 2.91. The summed E-state index contributed by atoms with van der Waals surface area (Å²) in [4.78, 5) is 0. The Morgan fingerprint density at radius 3 is 1.88 bits per heavy atom. The average Bonchev–Trinajstić information content (AvgIpc) is 3.14. The van der Waals surface area contributed by atoms with Crippen LogP contribution >= 0.6 is 11.6 Å². The molecule has 0 radical (unpaired) electrons. The summed E-state index contributed by atoms with van der Waals surface area (Å²) in [5.74, 6) is 0.433. The van der Waals surface area contributed by atoms with Crippen LogP contribution in [0.25, 0.3) is 28.1 Å². The van der Waals surface area contributed by atoms with Crippen molar-refractivity contribution in [3.8, 4) is 28.1 Å². The Balaban J connectivity index is 1.71. The third-order valence-corrected chi connectivity index (χ3v) is 4.51. The summed E-state index contributed by atoms with van der Waals surface area (Å²) in [7, 11) is 0. The Morgan fingerprint density at radius 1 is 0.680 bits per heavy atom. The molecule has 25 heavy (non-hydrogen) atoms. The lowest BCUT2D eigenvalue weighted by Gasteiger charge is -2.04. The largest absolute Gasteiger partial charge is 0.240 e. The van der Waals surface area contributed by atoms with Crippen LogP contribution in [0.2, 0.25) is 0 Å². The predicted octanol–water partition coefficient (Wildman–Crippen LogP) is 5.95. The predicted molar refractivity (Wildman–Crippen MR) is 104 cm³/mol. The van der Waals surface area contributed by atoms with Crippen molar-refractivity contribution in [2.75, 3.05) is 0 Å². The summed E-state index contributed by atoms with van der Waals surface area (Å²) in [6, 6.07) is 28.9. The van der Waals surface area contributed by atoms with E-state index in [1.165, 1.54) is 11.1 Å². The molecule has 4 aromatic rings. The molecule has 1 aromatic heterocycles. The molecule has 0 aliphatic carbocycles. The fourth-order valence-corrected chi connectivity index (χ4v) is 3.11. The van der Waals surface area contributed by atoms with E-state index in [1.807, 2.05) is 47.3 Å². The number of nitrogens with zero attached hydrogens (tertiary/aromatic N) is 2. The minimum atomic E-state index is 0.433. The van der Waals surface area contributed by atoms with Crippen LogP contribution in [0.3, 0.4) is 0 Å². The van der Waals surface area contributed by atoms with E-state index in [4.69, 9.17) is 16.7 Å². The summed E-state index contributed by atoms with van der Waals surface area (Å²) in [6.07, 6.45) is 2.00. The number of alkyl halides is 1. The van der Waals surface area contributed by atoms with Gasteiger partial charge in [0.05, 0.1) is 17.3 Å². The maximum Gasteiger partial charge on any atom is 0.0971 e. The summed E-state index contributed by atoms with van der Waals surface area (Å²) >= 11 is 6.16. The van der Waals surface area contributed by atoms with Crippen LogP contribution in [0.4, 0.5) is 0 Å². The highest BCUT2D eigenvalue weighted by molar-refractivity contribution is 6.17. The van der Waals surface area contributed by atoms with Gasteiger partial charge in [0.2, 0.25) is 0 Å². The Kier molecular flexibility index (Phi) is 4.36. The Hall–Kier alpha value is -2.84. The molecule has 0 amide bonds. The molecule has 0 aliphatic heterocycles. The Bertz CT molecular complexity index is 958. The molecule has 2 nitrogen and oxygen atoms in total. The van der Waals surface area contributed by atoms with E-state index >= 15 is 0 Å². The third-order valence-electron chi connectivity index (χ3n) is 4.22. The zero-order valence-corrected chi connectivity index (χ0v) is 14.4. The molecule has 1 heterocycles. The van der Waals surface area contributed by atoms with Crippen molar-refractivity contribution in [1.82, 2.24) is 9.78 Å². The van der Waals surface area contributed by atoms with Crippen molar-refractivity contribution in [2.45, 2.75) is 5.88 Å². The summed E-state index contributed by atoms with van der Waals surface area (Å²) in [6.45, 7) is 0. The molecular formula is C22H17ClN2. The second-order valence-corrected chi connectivity index (χ2v) is 6.13. The molecule has 0 fully saturated rings. The molecule has 4 rings (SSSR count). The van der Waals surface area contributed by atoms with Crippen molar-refractivity contribution >= 4 is 11.6 Å². The Morgan fingerprint density at radius 2 is 1.24 bits per heavy atom. The van der Waals surface area contributed by atoms with E-state index < -0.39 is 0 Å². The van der Waals surface area contributed by atoms with Gasteiger partial charge in [-0.05, 0) is 23.3 Å². The standard InChI is InChI=1S/C22H17ClN2/c23-15-20-16-25(21-9-5-2-6-10-21)24-22(20)19-13-11-18(12-14-19)17-7-3-1-4-8-17/h1-14,16H,15H2.